The highest BCUT2D eigenvalue weighted by atomic mass is 16.2. The summed E-state index contributed by atoms with van der Waals surface area (Å²) >= 11 is 0. The number of para-hydroxylation sites is 3. The first-order chi connectivity index (χ1) is 11.6. The van der Waals surface area contributed by atoms with Gasteiger partial charge in [0.05, 0.1) is 17.9 Å². The van der Waals surface area contributed by atoms with Gasteiger partial charge in [-0.1, -0.05) is 30.3 Å². The summed E-state index contributed by atoms with van der Waals surface area (Å²) in [5.74, 6) is 0.0143. The third kappa shape index (κ3) is 3.56. The van der Waals surface area contributed by atoms with Crippen molar-refractivity contribution < 1.29 is 9.59 Å². The van der Waals surface area contributed by atoms with Crippen LogP contribution < -0.4 is 15.5 Å². The molecule has 0 atom stereocenters. The van der Waals surface area contributed by atoms with E-state index in [4.69, 9.17) is 0 Å². The number of carbonyl (C=O) groups is 2. The van der Waals surface area contributed by atoms with E-state index in [1.807, 2.05) is 55.5 Å². The molecule has 2 aromatic rings. The Morgan fingerprint density at radius 3 is 2.50 bits per heavy atom. The minimum atomic E-state index is -0.119. The molecule has 1 aliphatic rings. The molecule has 0 aliphatic carbocycles. The zero-order valence-corrected chi connectivity index (χ0v) is 13.7. The average Bonchev–Trinajstić information content (AvgIpc) is 3.01. The van der Waals surface area contributed by atoms with Crippen molar-refractivity contribution in [3.05, 3.63) is 54.1 Å². The summed E-state index contributed by atoms with van der Waals surface area (Å²) in [6.45, 7) is 2.83. The van der Waals surface area contributed by atoms with E-state index in [1.54, 1.807) is 4.90 Å². The normalized spacial score (nSPS) is 13.9. The molecular formula is C19H21N3O2. The number of anilines is 3. The van der Waals surface area contributed by atoms with Crippen molar-refractivity contribution in [1.29, 1.82) is 0 Å². The van der Waals surface area contributed by atoms with E-state index in [1.165, 1.54) is 0 Å². The first-order valence-corrected chi connectivity index (χ1v) is 8.14. The van der Waals surface area contributed by atoms with Crippen molar-refractivity contribution in [3.63, 3.8) is 0 Å². The predicted octanol–water partition coefficient (Wildman–Crippen LogP) is 3.17. The summed E-state index contributed by atoms with van der Waals surface area (Å²) in [5.41, 5.74) is 3.47. The lowest BCUT2D eigenvalue weighted by Gasteiger charge is -2.20. The van der Waals surface area contributed by atoms with Gasteiger partial charge in [0.1, 0.15) is 0 Å². The van der Waals surface area contributed by atoms with Crippen molar-refractivity contribution in [2.45, 2.75) is 19.8 Å². The molecule has 1 aliphatic heterocycles. The number of aryl methyl sites for hydroxylation is 1. The maximum Gasteiger partial charge on any atom is 0.243 e. The first kappa shape index (κ1) is 16.1. The Kier molecular flexibility index (Phi) is 4.79. The Labute approximate surface area is 141 Å². The highest BCUT2D eigenvalue weighted by Gasteiger charge is 2.23. The molecule has 3 rings (SSSR count). The van der Waals surface area contributed by atoms with Crippen LogP contribution in [-0.2, 0) is 9.59 Å². The van der Waals surface area contributed by atoms with Crippen LogP contribution in [0.4, 0.5) is 17.1 Å². The molecule has 0 spiro atoms. The van der Waals surface area contributed by atoms with Gasteiger partial charge in [-0.3, -0.25) is 9.59 Å². The van der Waals surface area contributed by atoms with Crippen LogP contribution in [0.2, 0.25) is 0 Å². The zero-order chi connectivity index (χ0) is 16.9. The van der Waals surface area contributed by atoms with Crippen molar-refractivity contribution >= 4 is 28.9 Å². The lowest BCUT2D eigenvalue weighted by Crippen LogP contribution is -2.26. The van der Waals surface area contributed by atoms with Crippen LogP contribution in [0.25, 0.3) is 0 Å². The lowest BCUT2D eigenvalue weighted by atomic mass is 10.2. The van der Waals surface area contributed by atoms with Crippen LogP contribution >= 0.6 is 0 Å². The Hall–Kier alpha value is -2.82. The molecule has 1 heterocycles. The van der Waals surface area contributed by atoms with E-state index in [0.717, 1.165) is 35.6 Å². The van der Waals surface area contributed by atoms with Crippen molar-refractivity contribution in [2.75, 3.05) is 28.6 Å². The molecule has 5 nitrogen and oxygen atoms in total. The van der Waals surface area contributed by atoms with Gasteiger partial charge in [0.25, 0.3) is 0 Å². The Balaban J connectivity index is 1.65. The molecule has 2 amide bonds. The third-order valence-electron chi connectivity index (χ3n) is 4.13. The summed E-state index contributed by atoms with van der Waals surface area (Å²) in [6, 6.07) is 15.3. The maximum absolute atomic E-state index is 12.2. The molecule has 0 unspecified atom stereocenters. The van der Waals surface area contributed by atoms with E-state index < -0.39 is 0 Å². The van der Waals surface area contributed by atoms with Crippen LogP contribution in [0.3, 0.4) is 0 Å². The number of rotatable bonds is 5. The van der Waals surface area contributed by atoms with E-state index in [0.29, 0.717) is 6.42 Å². The second-order valence-corrected chi connectivity index (χ2v) is 5.88. The number of benzene rings is 2. The molecule has 2 N–H and O–H groups in total. The van der Waals surface area contributed by atoms with Gasteiger partial charge < -0.3 is 15.5 Å². The van der Waals surface area contributed by atoms with Crippen LogP contribution in [0.1, 0.15) is 18.4 Å². The predicted molar refractivity (Wildman–Crippen MR) is 96.3 cm³/mol. The minimum Gasteiger partial charge on any atom is -0.374 e. The number of nitrogens with one attached hydrogen (secondary N) is 2. The van der Waals surface area contributed by atoms with Gasteiger partial charge in [-0.15, -0.1) is 0 Å². The largest absolute Gasteiger partial charge is 0.374 e. The Morgan fingerprint density at radius 1 is 1.08 bits per heavy atom. The fraction of sp³-hybridized carbons (Fsp3) is 0.263. The molecule has 0 radical (unpaired) electrons. The molecule has 124 valence electrons. The van der Waals surface area contributed by atoms with E-state index in [9.17, 15) is 9.59 Å². The zero-order valence-electron chi connectivity index (χ0n) is 13.7. The molecule has 1 saturated heterocycles. The van der Waals surface area contributed by atoms with Crippen LogP contribution in [0, 0.1) is 6.92 Å². The van der Waals surface area contributed by atoms with Crippen LogP contribution in [0.15, 0.2) is 48.5 Å². The fourth-order valence-electron chi connectivity index (χ4n) is 2.84. The Morgan fingerprint density at radius 2 is 1.79 bits per heavy atom. The number of hydrogen-bond donors (Lipinski definition) is 2. The SMILES string of the molecule is Cc1ccccc1NC(=O)CNc1ccccc1N1CCCC1=O. The molecule has 0 bridgehead atoms. The number of hydrogen-bond acceptors (Lipinski definition) is 3. The number of carbonyl (C=O) groups excluding carboxylic acids is 2. The quantitative estimate of drug-likeness (QED) is 0.888. The Bertz CT molecular complexity index is 758. The number of nitrogens with zero attached hydrogens (tertiary/aromatic N) is 1. The molecule has 1 fully saturated rings. The topological polar surface area (TPSA) is 61.4 Å². The van der Waals surface area contributed by atoms with E-state index in [-0.39, 0.29) is 18.4 Å². The van der Waals surface area contributed by atoms with Gasteiger partial charge in [0.15, 0.2) is 0 Å². The maximum atomic E-state index is 12.2. The summed E-state index contributed by atoms with van der Waals surface area (Å²) in [6.07, 6.45) is 1.46. The average molecular weight is 323 g/mol. The van der Waals surface area contributed by atoms with Gasteiger partial charge in [0.2, 0.25) is 11.8 Å². The highest BCUT2D eigenvalue weighted by molar-refractivity contribution is 5.99. The smallest absolute Gasteiger partial charge is 0.243 e. The first-order valence-electron chi connectivity index (χ1n) is 8.14. The monoisotopic (exact) mass is 323 g/mol. The third-order valence-corrected chi connectivity index (χ3v) is 4.13. The van der Waals surface area contributed by atoms with Crippen molar-refractivity contribution in [3.8, 4) is 0 Å². The van der Waals surface area contributed by atoms with Crippen molar-refractivity contribution in [1.82, 2.24) is 0 Å². The summed E-state index contributed by atoms with van der Waals surface area (Å²) in [4.78, 5) is 25.9. The molecular weight excluding hydrogens is 302 g/mol. The fourth-order valence-corrected chi connectivity index (χ4v) is 2.84. The van der Waals surface area contributed by atoms with Crippen molar-refractivity contribution in [2.24, 2.45) is 0 Å². The summed E-state index contributed by atoms with van der Waals surface area (Å²) in [5, 5.41) is 6.04. The van der Waals surface area contributed by atoms with Crippen LogP contribution in [0.5, 0.6) is 0 Å². The lowest BCUT2D eigenvalue weighted by molar-refractivity contribution is -0.117. The van der Waals surface area contributed by atoms with Crippen LogP contribution in [-0.4, -0.2) is 24.9 Å². The number of amides is 2. The van der Waals surface area contributed by atoms with Gasteiger partial charge in [-0.25, -0.2) is 0 Å². The summed E-state index contributed by atoms with van der Waals surface area (Å²) in [7, 11) is 0. The minimum absolute atomic E-state index is 0.119. The highest BCUT2D eigenvalue weighted by Crippen LogP contribution is 2.29. The van der Waals surface area contributed by atoms with Gasteiger partial charge in [-0.05, 0) is 37.1 Å². The molecule has 0 aromatic heterocycles. The molecule has 2 aromatic carbocycles. The second kappa shape index (κ2) is 7.17. The second-order valence-electron chi connectivity index (χ2n) is 5.88. The molecule has 5 heteroatoms. The standard InChI is InChI=1S/C19H21N3O2/c1-14-7-2-3-8-15(14)21-18(23)13-20-16-9-4-5-10-17(16)22-12-6-11-19(22)24/h2-5,7-10,20H,6,11-13H2,1H3,(H,21,23). The molecule has 0 saturated carbocycles. The van der Waals surface area contributed by atoms with Gasteiger partial charge in [-0.2, -0.15) is 0 Å². The van der Waals surface area contributed by atoms with E-state index >= 15 is 0 Å². The molecule has 24 heavy (non-hydrogen) atoms. The summed E-state index contributed by atoms with van der Waals surface area (Å²) < 4.78 is 0. The van der Waals surface area contributed by atoms with E-state index in [2.05, 4.69) is 10.6 Å². The van der Waals surface area contributed by atoms with Gasteiger partial charge in [0, 0.05) is 18.7 Å². The van der Waals surface area contributed by atoms with Gasteiger partial charge >= 0.3 is 0 Å².